The van der Waals surface area contributed by atoms with Gasteiger partial charge in [0.2, 0.25) is 0 Å². The fraction of sp³-hybridized carbons (Fsp3) is 0.200. The minimum Gasteiger partial charge on any atom is -0.399 e. The molecule has 0 saturated heterocycles. The van der Waals surface area contributed by atoms with Crippen molar-refractivity contribution in [3.05, 3.63) is 80.7 Å². The topological polar surface area (TPSA) is 75.0 Å². The van der Waals surface area contributed by atoms with Crippen molar-refractivity contribution in [2.45, 2.75) is 19.5 Å². The van der Waals surface area contributed by atoms with Crippen LogP contribution in [0.1, 0.15) is 16.8 Å². The summed E-state index contributed by atoms with van der Waals surface area (Å²) in [6.07, 6.45) is 0.695. The van der Waals surface area contributed by atoms with Crippen LogP contribution in [0.4, 0.5) is 5.69 Å². The lowest BCUT2D eigenvalue weighted by Gasteiger charge is -2.27. The SMILES string of the molecule is Nc1ccc(-c2nc3c(c(=O)[nH]2)CCN(Cc2cccc(Cl)c2)C3)cc1. The average molecular weight is 367 g/mol. The number of anilines is 1. The molecule has 2 heterocycles. The number of H-pyrrole nitrogens is 1. The van der Waals surface area contributed by atoms with E-state index < -0.39 is 0 Å². The van der Waals surface area contributed by atoms with Crippen molar-refractivity contribution in [2.75, 3.05) is 12.3 Å². The number of benzene rings is 2. The second-order valence-electron chi connectivity index (χ2n) is 6.55. The Morgan fingerprint density at radius 1 is 1.19 bits per heavy atom. The number of aromatic amines is 1. The molecular weight excluding hydrogens is 348 g/mol. The Hall–Kier alpha value is -2.63. The molecule has 132 valence electrons. The maximum Gasteiger partial charge on any atom is 0.254 e. The van der Waals surface area contributed by atoms with Gasteiger partial charge in [-0.05, 0) is 48.4 Å². The highest BCUT2D eigenvalue weighted by Crippen LogP contribution is 2.21. The molecule has 0 radical (unpaired) electrons. The number of hydrogen-bond acceptors (Lipinski definition) is 4. The third kappa shape index (κ3) is 3.49. The summed E-state index contributed by atoms with van der Waals surface area (Å²) in [6, 6.07) is 15.2. The molecule has 0 atom stereocenters. The van der Waals surface area contributed by atoms with E-state index in [1.165, 1.54) is 0 Å². The molecule has 0 spiro atoms. The van der Waals surface area contributed by atoms with E-state index in [0.29, 0.717) is 24.5 Å². The van der Waals surface area contributed by atoms with Gasteiger partial charge in [0.15, 0.2) is 0 Å². The number of aromatic nitrogens is 2. The zero-order chi connectivity index (χ0) is 18.1. The Morgan fingerprint density at radius 3 is 2.77 bits per heavy atom. The molecule has 2 aromatic carbocycles. The van der Waals surface area contributed by atoms with Gasteiger partial charge in [0.05, 0.1) is 5.69 Å². The Labute approximate surface area is 156 Å². The molecule has 0 amide bonds. The highest BCUT2D eigenvalue weighted by atomic mass is 35.5. The molecule has 1 aliphatic rings. The molecule has 3 aromatic rings. The van der Waals surface area contributed by atoms with E-state index in [0.717, 1.165) is 40.5 Å². The van der Waals surface area contributed by atoms with E-state index in [2.05, 4.69) is 16.0 Å². The molecule has 3 N–H and O–H groups in total. The smallest absolute Gasteiger partial charge is 0.254 e. The molecule has 6 heteroatoms. The van der Waals surface area contributed by atoms with E-state index >= 15 is 0 Å². The first-order chi connectivity index (χ1) is 12.6. The summed E-state index contributed by atoms with van der Waals surface area (Å²) in [4.78, 5) is 22.4. The van der Waals surface area contributed by atoms with E-state index in [1.807, 2.05) is 30.3 Å². The number of rotatable bonds is 3. The van der Waals surface area contributed by atoms with Gasteiger partial charge in [-0.2, -0.15) is 0 Å². The van der Waals surface area contributed by atoms with Gasteiger partial charge >= 0.3 is 0 Å². The molecule has 26 heavy (non-hydrogen) atoms. The maximum absolute atomic E-state index is 12.5. The van der Waals surface area contributed by atoms with Crippen LogP contribution in [-0.2, 0) is 19.5 Å². The summed E-state index contributed by atoms with van der Waals surface area (Å²) in [5, 5.41) is 0.736. The Balaban J connectivity index is 1.61. The fourth-order valence-electron chi connectivity index (χ4n) is 3.30. The number of hydrogen-bond donors (Lipinski definition) is 2. The Morgan fingerprint density at radius 2 is 2.00 bits per heavy atom. The quantitative estimate of drug-likeness (QED) is 0.698. The molecule has 4 rings (SSSR count). The third-order valence-electron chi connectivity index (χ3n) is 4.63. The summed E-state index contributed by atoms with van der Waals surface area (Å²) in [5.74, 6) is 0.582. The summed E-state index contributed by atoms with van der Waals surface area (Å²) >= 11 is 6.08. The molecule has 0 bridgehead atoms. The Kier molecular flexibility index (Phi) is 4.49. The zero-order valence-electron chi connectivity index (χ0n) is 14.2. The van der Waals surface area contributed by atoms with E-state index in [1.54, 1.807) is 12.1 Å². The second kappa shape index (κ2) is 6.94. The van der Waals surface area contributed by atoms with Crippen molar-refractivity contribution in [1.29, 1.82) is 0 Å². The number of nitrogens with two attached hydrogens (primary N) is 1. The van der Waals surface area contributed by atoms with Crippen LogP contribution >= 0.6 is 11.6 Å². The molecule has 5 nitrogen and oxygen atoms in total. The molecule has 1 aliphatic heterocycles. The minimum absolute atomic E-state index is 0.0516. The number of nitrogens with one attached hydrogen (secondary N) is 1. The van der Waals surface area contributed by atoms with E-state index in [9.17, 15) is 4.79 Å². The van der Waals surface area contributed by atoms with Crippen molar-refractivity contribution < 1.29 is 0 Å². The first-order valence-corrected chi connectivity index (χ1v) is 8.91. The summed E-state index contributed by atoms with van der Waals surface area (Å²) in [7, 11) is 0. The van der Waals surface area contributed by atoms with Crippen molar-refractivity contribution in [2.24, 2.45) is 0 Å². The predicted molar refractivity (Wildman–Crippen MR) is 104 cm³/mol. The van der Waals surface area contributed by atoms with Gasteiger partial charge in [0.25, 0.3) is 5.56 Å². The highest BCUT2D eigenvalue weighted by molar-refractivity contribution is 6.30. The maximum atomic E-state index is 12.5. The van der Waals surface area contributed by atoms with Gasteiger partial charge < -0.3 is 10.7 Å². The van der Waals surface area contributed by atoms with Crippen LogP contribution in [0.25, 0.3) is 11.4 Å². The zero-order valence-corrected chi connectivity index (χ0v) is 15.0. The average Bonchev–Trinajstić information content (AvgIpc) is 2.62. The largest absolute Gasteiger partial charge is 0.399 e. The molecule has 1 aromatic heterocycles. The van der Waals surface area contributed by atoms with Crippen LogP contribution in [0, 0.1) is 0 Å². The normalized spacial score (nSPS) is 14.2. The number of halogens is 1. The Bertz CT molecular complexity index is 997. The van der Waals surface area contributed by atoms with Crippen molar-refractivity contribution >= 4 is 17.3 Å². The molecule has 0 fully saturated rings. The number of nitrogen functional groups attached to an aromatic ring is 1. The van der Waals surface area contributed by atoms with Crippen LogP contribution in [0.3, 0.4) is 0 Å². The van der Waals surface area contributed by atoms with Crippen molar-refractivity contribution in [3.8, 4) is 11.4 Å². The lowest BCUT2D eigenvalue weighted by atomic mass is 10.0. The minimum atomic E-state index is -0.0516. The summed E-state index contributed by atoms with van der Waals surface area (Å²) in [5.41, 5.74) is 10.0. The van der Waals surface area contributed by atoms with Crippen LogP contribution < -0.4 is 11.3 Å². The highest BCUT2D eigenvalue weighted by Gasteiger charge is 2.21. The van der Waals surface area contributed by atoms with Gasteiger partial charge in [-0.15, -0.1) is 0 Å². The van der Waals surface area contributed by atoms with Gasteiger partial charge in [-0.1, -0.05) is 23.7 Å². The summed E-state index contributed by atoms with van der Waals surface area (Å²) in [6.45, 7) is 2.25. The number of nitrogens with zero attached hydrogens (tertiary/aromatic N) is 2. The molecule has 0 unspecified atom stereocenters. The van der Waals surface area contributed by atoms with Crippen LogP contribution in [0.15, 0.2) is 53.3 Å². The van der Waals surface area contributed by atoms with Gasteiger partial charge in [0, 0.05) is 41.5 Å². The van der Waals surface area contributed by atoms with Gasteiger partial charge in [-0.25, -0.2) is 4.98 Å². The van der Waals surface area contributed by atoms with E-state index in [4.69, 9.17) is 22.3 Å². The monoisotopic (exact) mass is 366 g/mol. The van der Waals surface area contributed by atoms with Gasteiger partial charge in [0.1, 0.15) is 5.82 Å². The third-order valence-corrected chi connectivity index (χ3v) is 4.87. The van der Waals surface area contributed by atoms with Gasteiger partial charge in [-0.3, -0.25) is 9.69 Å². The lowest BCUT2D eigenvalue weighted by molar-refractivity contribution is 0.240. The molecule has 0 aliphatic carbocycles. The van der Waals surface area contributed by atoms with E-state index in [-0.39, 0.29) is 5.56 Å². The summed E-state index contributed by atoms with van der Waals surface area (Å²) < 4.78 is 0. The van der Waals surface area contributed by atoms with Crippen molar-refractivity contribution in [1.82, 2.24) is 14.9 Å². The first-order valence-electron chi connectivity index (χ1n) is 8.53. The lowest BCUT2D eigenvalue weighted by Crippen LogP contribution is -2.35. The standard InChI is InChI=1S/C20H19ClN4O/c21-15-3-1-2-13(10-15)11-25-9-8-17-18(12-25)23-19(24-20(17)26)14-4-6-16(22)7-5-14/h1-7,10H,8-9,11-12,22H2,(H,23,24,26). The van der Waals surface area contributed by atoms with Crippen LogP contribution in [0.5, 0.6) is 0 Å². The molecular formula is C20H19ClN4O. The van der Waals surface area contributed by atoms with Crippen LogP contribution in [-0.4, -0.2) is 21.4 Å². The first kappa shape index (κ1) is 16.8. The van der Waals surface area contributed by atoms with Crippen molar-refractivity contribution in [3.63, 3.8) is 0 Å². The predicted octanol–water partition coefficient (Wildman–Crippen LogP) is 3.23. The second-order valence-corrected chi connectivity index (χ2v) is 6.99. The van der Waals surface area contributed by atoms with Crippen LogP contribution in [0.2, 0.25) is 5.02 Å². The fourth-order valence-corrected chi connectivity index (χ4v) is 3.51. The number of fused-ring (bicyclic) bond motifs is 1. The molecule has 0 saturated carbocycles.